The minimum Gasteiger partial charge on any atom is -0.329 e. The summed E-state index contributed by atoms with van der Waals surface area (Å²) in [4.78, 5) is 10.2. The Labute approximate surface area is 376 Å². The summed E-state index contributed by atoms with van der Waals surface area (Å²) in [5.74, 6) is -2.38. The molecule has 0 aliphatic carbocycles. The third-order valence-electron chi connectivity index (χ3n) is 8.87. The highest BCUT2D eigenvalue weighted by atomic mass is 32.3. The second-order valence-electron chi connectivity index (χ2n) is 13.8. The Morgan fingerprint density at radius 1 is 0.652 bits per heavy atom. The number of fused-ring (bicyclic) bond motifs is 2. The molecule has 0 atom stereocenters. The lowest BCUT2D eigenvalue weighted by Gasteiger charge is -2.17. The molecule has 0 bridgehead atoms. The molecule has 0 saturated heterocycles. The average Bonchev–Trinajstić information content (AvgIpc) is 3.17. The Morgan fingerprint density at radius 2 is 1.26 bits per heavy atom. The highest BCUT2D eigenvalue weighted by Gasteiger charge is 2.23. The first-order chi connectivity index (χ1) is 30.1. The maximum absolute atomic E-state index is 14.4. The molecule has 0 unspecified atom stereocenters. The average molecular weight is 1010 g/mol. The summed E-state index contributed by atoms with van der Waals surface area (Å²) in [5, 5.41) is 19.4. The first kappa shape index (κ1) is 50.9. The van der Waals surface area contributed by atoms with Gasteiger partial charge < -0.3 is 10.2 Å². The number of aromatic nitrogens is 3. The van der Waals surface area contributed by atoms with Crippen molar-refractivity contribution in [3.05, 3.63) is 90.0 Å². The summed E-state index contributed by atoms with van der Waals surface area (Å²) < 4.78 is 177. The van der Waals surface area contributed by atoms with Gasteiger partial charge >= 0.3 is 16.5 Å². The summed E-state index contributed by atoms with van der Waals surface area (Å²) >= 11 is 0. The van der Waals surface area contributed by atoms with E-state index in [1.807, 2.05) is 0 Å². The molecule has 0 aliphatic rings. The highest BCUT2D eigenvalue weighted by molar-refractivity contribution is 7.91. The van der Waals surface area contributed by atoms with Crippen LogP contribution in [0.5, 0.6) is 0 Å². The van der Waals surface area contributed by atoms with Gasteiger partial charge in [0, 0.05) is 28.9 Å². The number of nitrogens with one attached hydrogen (secondary N) is 1. The van der Waals surface area contributed by atoms with Crippen molar-refractivity contribution in [3.8, 4) is 0 Å². The van der Waals surface area contributed by atoms with Gasteiger partial charge in [0.1, 0.15) is 21.4 Å². The van der Waals surface area contributed by atoms with Gasteiger partial charge in [0.15, 0.2) is 9.84 Å². The Kier molecular flexibility index (Phi) is 14.7. The monoisotopic (exact) mass is 1010 g/mol. The second-order valence-corrected chi connectivity index (χ2v) is 21.3. The van der Waals surface area contributed by atoms with Gasteiger partial charge in [-0.25, -0.2) is 12.6 Å². The van der Waals surface area contributed by atoms with Gasteiger partial charge in [0.25, 0.3) is 30.4 Å². The summed E-state index contributed by atoms with van der Waals surface area (Å²) in [6.45, 7) is 2.24. The molecule has 66 heavy (non-hydrogen) atoms. The highest BCUT2D eigenvalue weighted by Crippen LogP contribution is 2.39. The van der Waals surface area contributed by atoms with E-state index in [0.29, 0.717) is 16.8 Å². The number of anilines is 3. The molecule has 0 aliphatic heterocycles. The number of hydrogen-bond donors (Lipinski definition) is 5. The van der Waals surface area contributed by atoms with Gasteiger partial charge in [-0.15, -0.1) is 15.3 Å². The maximum atomic E-state index is 14.4. The van der Waals surface area contributed by atoms with Gasteiger partial charge in [-0.1, -0.05) is 19.6 Å². The van der Waals surface area contributed by atoms with Crippen LogP contribution in [-0.2, 0) is 54.8 Å². The van der Waals surface area contributed by atoms with Crippen LogP contribution < -0.4 is 10.2 Å². The number of nitrogens with zero attached hydrogens (tertiary/aromatic N) is 8. The van der Waals surface area contributed by atoms with Crippen LogP contribution in [0.1, 0.15) is 18.6 Å². The van der Waals surface area contributed by atoms with E-state index in [1.54, 1.807) is 6.92 Å². The van der Waals surface area contributed by atoms with Crippen LogP contribution in [0.15, 0.2) is 108 Å². The van der Waals surface area contributed by atoms with Crippen LogP contribution in [-0.4, -0.2) is 101 Å². The van der Waals surface area contributed by atoms with Crippen LogP contribution in [0.2, 0.25) is 0 Å². The lowest BCUT2D eigenvalue weighted by Crippen LogP contribution is -2.31. The lowest BCUT2D eigenvalue weighted by atomic mass is 10.1. The first-order valence-corrected chi connectivity index (χ1v) is 25.3. The van der Waals surface area contributed by atoms with Crippen molar-refractivity contribution in [1.29, 1.82) is 0 Å². The fourth-order valence-electron chi connectivity index (χ4n) is 6.06. The van der Waals surface area contributed by atoms with Crippen LogP contribution in [0.4, 0.5) is 44.7 Å². The summed E-state index contributed by atoms with van der Waals surface area (Å²) in [6, 6.07) is 15.0. The summed E-state index contributed by atoms with van der Waals surface area (Å²) in [5.41, 5.74) is 0.847. The molecular formula is C36H36FN9O15S5. The van der Waals surface area contributed by atoms with E-state index < -0.39 is 101 Å². The Balaban J connectivity index is 0.00000817. The minimum absolute atomic E-state index is 0. The zero-order valence-corrected chi connectivity index (χ0v) is 37.4. The molecule has 6 aromatic rings. The van der Waals surface area contributed by atoms with Crippen molar-refractivity contribution in [1.82, 2.24) is 15.0 Å². The number of azo groups is 2. The molecule has 0 radical (unpaired) electrons. The summed E-state index contributed by atoms with van der Waals surface area (Å²) in [7, 11) is -22.3. The van der Waals surface area contributed by atoms with E-state index >= 15 is 0 Å². The molecule has 5 aromatic carbocycles. The van der Waals surface area contributed by atoms with E-state index in [9.17, 15) is 60.1 Å². The molecule has 1 aromatic heterocycles. The second kappa shape index (κ2) is 19.0. The lowest BCUT2D eigenvalue weighted by molar-refractivity contribution is 0.284. The quantitative estimate of drug-likeness (QED) is 0.0509. The van der Waals surface area contributed by atoms with E-state index in [2.05, 4.69) is 44.9 Å². The predicted octanol–water partition coefficient (Wildman–Crippen LogP) is 6.51. The molecule has 0 saturated carbocycles. The largest absolute Gasteiger partial charge is 0.397 e. The fourth-order valence-corrected chi connectivity index (χ4v) is 9.56. The van der Waals surface area contributed by atoms with Gasteiger partial charge in [-0.2, -0.15) is 58.1 Å². The summed E-state index contributed by atoms with van der Waals surface area (Å²) in [6.07, 6.45) is -1.28. The molecule has 352 valence electrons. The molecule has 1 heterocycles. The zero-order valence-electron chi connectivity index (χ0n) is 33.3. The van der Waals surface area contributed by atoms with Gasteiger partial charge in [0.2, 0.25) is 11.9 Å². The van der Waals surface area contributed by atoms with Crippen molar-refractivity contribution in [2.45, 2.75) is 36.0 Å². The smallest absolute Gasteiger partial charge is 0.329 e. The van der Waals surface area contributed by atoms with E-state index in [4.69, 9.17) is 4.55 Å². The number of halogens is 1. The van der Waals surface area contributed by atoms with E-state index in [0.717, 1.165) is 35.2 Å². The van der Waals surface area contributed by atoms with Gasteiger partial charge in [-0.3, -0.25) is 18.2 Å². The van der Waals surface area contributed by atoms with Gasteiger partial charge in [-0.05, 0) is 91.0 Å². The molecule has 0 amide bonds. The van der Waals surface area contributed by atoms with Crippen molar-refractivity contribution >= 4 is 112 Å². The number of aryl methyl sites for hydroxylation is 2. The van der Waals surface area contributed by atoms with E-state index in [1.165, 1.54) is 56.4 Å². The van der Waals surface area contributed by atoms with Crippen molar-refractivity contribution < 1.29 is 68.9 Å². The van der Waals surface area contributed by atoms with Crippen LogP contribution in [0.25, 0.3) is 21.5 Å². The number of sulfone groups is 1. The standard InChI is InChI=1S/C35H32FN9O15S5.CH4/c1-19-12-21-15-32(64(54,55)56)30(17-25(21)31(13-19)63(51,52)53)44-42-28-8-9-29(26-16-23(62(48,49)50)5-6-24(26)28)43-41-27-7-4-22(14-20(27)2)37-34-38-33(36)39-35(40-34)45(3)18-61(46,47)11-10-60-65(57,58)59;/h4-9,12-17H,10-11,18H2,1-3H3,(H,48,49,50)(H,51,52,53)(H,54,55,56)(H,57,58,59)(H,37,38,39,40);1H4. The molecule has 6 rings (SSSR count). The van der Waals surface area contributed by atoms with Crippen molar-refractivity contribution in [3.63, 3.8) is 0 Å². The normalized spacial score (nSPS) is 12.8. The molecule has 24 nitrogen and oxygen atoms in total. The zero-order chi connectivity index (χ0) is 47.9. The van der Waals surface area contributed by atoms with Crippen LogP contribution >= 0.6 is 0 Å². The Hall–Kier alpha value is -6.09. The van der Waals surface area contributed by atoms with Crippen molar-refractivity contribution in [2.24, 2.45) is 20.5 Å². The fraction of sp³-hybridized carbons (Fsp3) is 0.194. The number of benzene rings is 5. The van der Waals surface area contributed by atoms with Crippen molar-refractivity contribution in [2.75, 3.05) is 35.5 Å². The first-order valence-electron chi connectivity index (χ1n) is 17.8. The van der Waals surface area contributed by atoms with E-state index in [-0.39, 0.29) is 52.0 Å². The molecular weight excluding hydrogens is 978 g/mol. The SMILES string of the molecule is C.Cc1cc(S(=O)(=O)O)c2cc(N=Nc3ccc(N=Nc4ccc(Nc5nc(F)nc(N(C)CS(=O)(=O)CCOS(=O)(=O)O)n5)cc4C)c4cc(S(=O)(=O)O)ccc34)c(S(=O)(=O)O)cc2c1. The molecule has 0 spiro atoms. The Bertz CT molecular complexity index is 3560. The molecule has 30 heteroatoms. The molecule has 5 N–H and O–H groups in total. The Morgan fingerprint density at radius 3 is 1.86 bits per heavy atom. The number of rotatable bonds is 16. The topological polar surface area (TPSA) is 364 Å². The van der Waals surface area contributed by atoms with Gasteiger partial charge in [0.05, 0.1) is 34.3 Å². The number of hydrogen-bond acceptors (Lipinski definition) is 20. The predicted molar refractivity (Wildman–Crippen MR) is 236 cm³/mol. The molecule has 0 fully saturated rings. The third kappa shape index (κ3) is 12.6. The minimum atomic E-state index is -4.99. The van der Waals surface area contributed by atoms with Crippen LogP contribution in [0.3, 0.4) is 0 Å². The third-order valence-corrected chi connectivity index (χ3v) is 13.5. The van der Waals surface area contributed by atoms with Crippen LogP contribution in [0, 0.1) is 19.9 Å². The maximum Gasteiger partial charge on any atom is 0.397 e.